The van der Waals surface area contributed by atoms with E-state index >= 15 is 0 Å². The highest BCUT2D eigenvalue weighted by atomic mass is 16.4. The third kappa shape index (κ3) is 8.86. The van der Waals surface area contributed by atoms with E-state index < -0.39 is 5.97 Å². The highest BCUT2D eigenvalue weighted by molar-refractivity contribution is 5.70. The second-order valence-electron chi connectivity index (χ2n) is 7.59. The summed E-state index contributed by atoms with van der Waals surface area (Å²) in [5.74, 6) is -0.895. The number of aliphatic carboxylic acids is 1. The summed E-state index contributed by atoms with van der Waals surface area (Å²) in [7, 11) is 0. The van der Waals surface area contributed by atoms with Crippen molar-refractivity contribution in [3.63, 3.8) is 0 Å². The van der Waals surface area contributed by atoms with Gasteiger partial charge in [0.1, 0.15) is 0 Å². The number of carboxylic acids is 1. The predicted octanol–water partition coefficient (Wildman–Crippen LogP) is 5.71. The maximum atomic E-state index is 11.4. The predicted molar refractivity (Wildman–Crippen MR) is 93.0 cm³/mol. The molecule has 0 amide bonds. The van der Waals surface area contributed by atoms with E-state index in [-0.39, 0.29) is 5.92 Å². The van der Waals surface area contributed by atoms with Crippen molar-refractivity contribution in [2.45, 2.75) is 72.1 Å². The zero-order valence-corrected chi connectivity index (χ0v) is 14.5. The monoisotopic (exact) mass is 304 g/mol. The van der Waals surface area contributed by atoms with Crippen molar-refractivity contribution in [2.24, 2.45) is 11.3 Å². The zero-order valence-electron chi connectivity index (χ0n) is 14.5. The summed E-state index contributed by atoms with van der Waals surface area (Å²) in [4.78, 5) is 11.4. The Labute approximate surface area is 135 Å². The molecule has 0 fully saturated rings. The lowest BCUT2D eigenvalue weighted by Gasteiger charge is -2.17. The lowest BCUT2D eigenvalue weighted by Crippen LogP contribution is -2.16. The topological polar surface area (TPSA) is 37.3 Å². The summed E-state index contributed by atoms with van der Waals surface area (Å²) in [5.41, 5.74) is 1.56. The molecule has 1 rings (SSSR count). The van der Waals surface area contributed by atoms with Gasteiger partial charge in [0, 0.05) is 0 Å². The molecule has 0 aliphatic carbocycles. The molecule has 0 aromatic heterocycles. The molecule has 2 heteroatoms. The van der Waals surface area contributed by atoms with Crippen LogP contribution in [0.25, 0.3) is 0 Å². The van der Waals surface area contributed by atoms with Crippen molar-refractivity contribution in [2.75, 3.05) is 0 Å². The van der Waals surface area contributed by atoms with Gasteiger partial charge in [-0.05, 0) is 30.2 Å². The second-order valence-corrected chi connectivity index (χ2v) is 7.59. The molecule has 1 aromatic rings. The van der Waals surface area contributed by atoms with Gasteiger partial charge in [-0.15, -0.1) is 0 Å². The summed E-state index contributed by atoms with van der Waals surface area (Å²) in [6.45, 7) is 6.86. The zero-order chi connectivity index (χ0) is 16.4. The van der Waals surface area contributed by atoms with Crippen molar-refractivity contribution in [1.82, 2.24) is 0 Å². The maximum absolute atomic E-state index is 11.4. The standard InChI is InChI=1S/C20H32O2/c1-20(2,3)15-11-6-4-5-10-14-18(19(21)22)16-17-12-8-7-9-13-17/h7-9,12-13,18H,4-6,10-11,14-16H2,1-3H3,(H,21,22). The van der Waals surface area contributed by atoms with Crippen LogP contribution in [0.5, 0.6) is 0 Å². The fraction of sp³-hybridized carbons (Fsp3) is 0.650. The summed E-state index contributed by atoms with van der Waals surface area (Å²) in [6.07, 6.45) is 8.70. The van der Waals surface area contributed by atoms with E-state index in [9.17, 15) is 9.90 Å². The average Bonchev–Trinajstić information content (AvgIpc) is 2.44. The number of hydrogen-bond donors (Lipinski definition) is 1. The smallest absolute Gasteiger partial charge is 0.306 e. The first-order valence-electron chi connectivity index (χ1n) is 8.65. The molecule has 0 aliphatic heterocycles. The number of carbonyl (C=O) groups is 1. The van der Waals surface area contributed by atoms with Crippen LogP contribution in [-0.4, -0.2) is 11.1 Å². The van der Waals surface area contributed by atoms with E-state index in [1.807, 2.05) is 30.3 Å². The van der Waals surface area contributed by atoms with Crippen LogP contribution in [0.1, 0.15) is 71.3 Å². The molecule has 1 atom stereocenters. The number of unbranched alkanes of at least 4 members (excludes halogenated alkanes) is 4. The van der Waals surface area contributed by atoms with E-state index in [1.165, 1.54) is 25.7 Å². The SMILES string of the molecule is CC(C)(C)CCCCCCCC(Cc1ccccc1)C(=O)O. The first-order valence-corrected chi connectivity index (χ1v) is 8.65. The molecule has 0 saturated heterocycles. The van der Waals surface area contributed by atoms with Gasteiger partial charge in [0.25, 0.3) is 0 Å². The Balaban J connectivity index is 2.18. The van der Waals surface area contributed by atoms with Crippen molar-refractivity contribution in [3.05, 3.63) is 35.9 Å². The Morgan fingerprint density at radius 2 is 1.59 bits per heavy atom. The fourth-order valence-electron chi connectivity index (χ4n) is 2.79. The quantitative estimate of drug-likeness (QED) is 0.562. The van der Waals surface area contributed by atoms with Crippen LogP contribution < -0.4 is 0 Å². The molecular formula is C20H32O2. The van der Waals surface area contributed by atoms with Gasteiger partial charge >= 0.3 is 5.97 Å². The normalized spacial score (nSPS) is 13.0. The van der Waals surface area contributed by atoms with Crippen LogP contribution in [0.2, 0.25) is 0 Å². The molecule has 0 heterocycles. The number of hydrogen-bond acceptors (Lipinski definition) is 1. The summed E-state index contributed by atoms with van der Waals surface area (Å²) in [6, 6.07) is 9.95. The molecule has 0 saturated carbocycles. The summed E-state index contributed by atoms with van der Waals surface area (Å²) in [5, 5.41) is 9.36. The van der Waals surface area contributed by atoms with Crippen LogP contribution >= 0.6 is 0 Å². The number of carboxylic acid groups (broad SMARTS) is 1. The molecule has 0 bridgehead atoms. The van der Waals surface area contributed by atoms with Crippen molar-refractivity contribution >= 4 is 5.97 Å². The minimum absolute atomic E-state index is 0.239. The van der Waals surface area contributed by atoms with Gasteiger partial charge in [-0.1, -0.05) is 83.2 Å². The molecular weight excluding hydrogens is 272 g/mol. The molecule has 0 spiro atoms. The molecule has 0 radical (unpaired) electrons. The van der Waals surface area contributed by atoms with E-state index in [0.29, 0.717) is 11.8 Å². The Hall–Kier alpha value is -1.31. The molecule has 1 aromatic carbocycles. The van der Waals surface area contributed by atoms with E-state index in [2.05, 4.69) is 20.8 Å². The Kier molecular flexibility index (Phi) is 8.22. The third-order valence-electron chi connectivity index (χ3n) is 4.15. The highest BCUT2D eigenvalue weighted by Gasteiger charge is 2.17. The maximum Gasteiger partial charge on any atom is 0.306 e. The van der Waals surface area contributed by atoms with E-state index in [1.54, 1.807) is 0 Å². The number of benzene rings is 1. The van der Waals surface area contributed by atoms with Crippen LogP contribution in [0.4, 0.5) is 0 Å². The molecule has 2 nitrogen and oxygen atoms in total. The number of rotatable bonds is 10. The molecule has 22 heavy (non-hydrogen) atoms. The lowest BCUT2D eigenvalue weighted by molar-refractivity contribution is -0.142. The highest BCUT2D eigenvalue weighted by Crippen LogP contribution is 2.23. The van der Waals surface area contributed by atoms with Crippen LogP contribution in [0, 0.1) is 11.3 Å². The Morgan fingerprint density at radius 1 is 1.00 bits per heavy atom. The minimum atomic E-state index is -0.656. The largest absolute Gasteiger partial charge is 0.481 e. The minimum Gasteiger partial charge on any atom is -0.481 e. The van der Waals surface area contributed by atoms with E-state index in [0.717, 1.165) is 24.8 Å². The van der Waals surface area contributed by atoms with Gasteiger partial charge in [0.2, 0.25) is 0 Å². The van der Waals surface area contributed by atoms with Gasteiger partial charge in [-0.3, -0.25) is 4.79 Å². The Morgan fingerprint density at radius 3 is 2.18 bits per heavy atom. The van der Waals surface area contributed by atoms with Gasteiger partial charge in [0.15, 0.2) is 0 Å². The average molecular weight is 304 g/mol. The van der Waals surface area contributed by atoms with E-state index in [4.69, 9.17) is 0 Å². The third-order valence-corrected chi connectivity index (χ3v) is 4.15. The van der Waals surface area contributed by atoms with Crippen molar-refractivity contribution in [3.8, 4) is 0 Å². The lowest BCUT2D eigenvalue weighted by atomic mass is 9.89. The van der Waals surface area contributed by atoms with Gasteiger partial charge in [-0.25, -0.2) is 0 Å². The van der Waals surface area contributed by atoms with Crippen LogP contribution in [0.15, 0.2) is 30.3 Å². The molecule has 1 unspecified atom stereocenters. The Bertz CT molecular complexity index is 417. The summed E-state index contributed by atoms with van der Waals surface area (Å²) < 4.78 is 0. The first-order chi connectivity index (χ1) is 10.4. The van der Waals surface area contributed by atoms with Gasteiger partial charge < -0.3 is 5.11 Å². The van der Waals surface area contributed by atoms with Gasteiger partial charge in [-0.2, -0.15) is 0 Å². The molecule has 124 valence electrons. The van der Waals surface area contributed by atoms with Crippen molar-refractivity contribution < 1.29 is 9.90 Å². The molecule has 0 aliphatic rings. The van der Waals surface area contributed by atoms with Crippen molar-refractivity contribution in [1.29, 1.82) is 0 Å². The second kappa shape index (κ2) is 9.66. The van der Waals surface area contributed by atoms with Crippen LogP contribution in [0.3, 0.4) is 0 Å². The summed E-state index contributed by atoms with van der Waals surface area (Å²) >= 11 is 0. The fourth-order valence-corrected chi connectivity index (χ4v) is 2.79. The molecule has 1 N–H and O–H groups in total. The first kappa shape index (κ1) is 18.7. The van der Waals surface area contributed by atoms with Crippen LogP contribution in [-0.2, 0) is 11.2 Å². The van der Waals surface area contributed by atoms with Gasteiger partial charge in [0.05, 0.1) is 5.92 Å².